The predicted octanol–water partition coefficient (Wildman–Crippen LogP) is 3.54. The van der Waals surface area contributed by atoms with E-state index < -0.39 is 0 Å². The molecule has 0 saturated carbocycles. The number of phenols is 1. The van der Waals surface area contributed by atoms with Gasteiger partial charge in [0.05, 0.1) is 11.4 Å². The average molecular weight is 240 g/mol. The highest BCUT2D eigenvalue weighted by Gasteiger charge is 2.04. The van der Waals surface area contributed by atoms with Crippen LogP contribution in [0.5, 0.6) is 5.75 Å². The van der Waals surface area contributed by atoms with Crippen LogP contribution in [0.1, 0.15) is 18.1 Å². The van der Waals surface area contributed by atoms with Gasteiger partial charge in [0.2, 0.25) is 0 Å². The molecule has 0 amide bonds. The Balaban J connectivity index is 2.20. The Morgan fingerprint density at radius 2 is 1.83 bits per heavy atom. The minimum atomic E-state index is 0.247. The minimum absolute atomic E-state index is 0.247. The van der Waals surface area contributed by atoms with E-state index in [1.807, 2.05) is 56.3 Å². The zero-order valence-corrected chi connectivity index (χ0v) is 10.5. The lowest BCUT2D eigenvalue weighted by Crippen LogP contribution is -2.00. The number of nitrogens with one attached hydrogen (secondary N) is 1. The molecule has 2 aromatic carbocycles. The Morgan fingerprint density at radius 1 is 1.11 bits per heavy atom. The van der Waals surface area contributed by atoms with Crippen molar-refractivity contribution in [2.45, 2.75) is 13.8 Å². The third-order valence-electron chi connectivity index (χ3n) is 2.67. The molecule has 0 atom stereocenters. The lowest BCUT2D eigenvalue weighted by Gasteiger charge is -2.06. The van der Waals surface area contributed by atoms with Crippen molar-refractivity contribution in [2.75, 3.05) is 5.43 Å². The van der Waals surface area contributed by atoms with Gasteiger partial charge in [0.15, 0.2) is 0 Å². The molecular formula is C15H16N2O. The summed E-state index contributed by atoms with van der Waals surface area (Å²) in [6.45, 7) is 3.85. The van der Waals surface area contributed by atoms with Gasteiger partial charge in [-0.1, -0.05) is 29.8 Å². The number of aryl methyl sites for hydroxylation is 1. The van der Waals surface area contributed by atoms with Gasteiger partial charge in [-0.2, -0.15) is 5.10 Å². The molecule has 0 aliphatic heterocycles. The Labute approximate surface area is 107 Å². The van der Waals surface area contributed by atoms with E-state index in [1.165, 1.54) is 0 Å². The molecule has 0 aliphatic carbocycles. The maximum absolute atomic E-state index is 9.79. The zero-order valence-electron chi connectivity index (χ0n) is 10.5. The summed E-state index contributed by atoms with van der Waals surface area (Å²) in [4.78, 5) is 0. The number of para-hydroxylation sites is 1. The van der Waals surface area contributed by atoms with E-state index in [0.29, 0.717) is 0 Å². The van der Waals surface area contributed by atoms with E-state index >= 15 is 0 Å². The van der Waals surface area contributed by atoms with E-state index in [1.54, 1.807) is 6.07 Å². The van der Waals surface area contributed by atoms with Crippen molar-refractivity contribution in [3.05, 3.63) is 59.7 Å². The van der Waals surface area contributed by atoms with Crippen molar-refractivity contribution in [3.8, 4) is 5.75 Å². The van der Waals surface area contributed by atoms with Gasteiger partial charge in [-0.3, -0.25) is 5.43 Å². The lowest BCUT2D eigenvalue weighted by molar-refractivity contribution is 0.474. The van der Waals surface area contributed by atoms with E-state index in [2.05, 4.69) is 10.5 Å². The molecule has 0 heterocycles. The second kappa shape index (κ2) is 5.36. The molecule has 0 unspecified atom stereocenters. The van der Waals surface area contributed by atoms with Crippen molar-refractivity contribution < 1.29 is 5.11 Å². The van der Waals surface area contributed by atoms with Gasteiger partial charge in [0.25, 0.3) is 0 Å². The van der Waals surface area contributed by atoms with Crippen LogP contribution in [0.2, 0.25) is 0 Å². The summed E-state index contributed by atoms with van der Waals surface area (Å²) in [6.07, 6.45) is 0. The van der Waals surface area contributed by atoms with Crippen molar-refractivity contribution in [3.63, 3.8) is 0 Å². The molecule has 0 saturated heterocycles. The maximum Gasteiger partial charge on any atom is 0.124 e. The number of hydrogen-bond acceptors (Lipinski definition) is 3. The molecule has 92 valence electrons. The Bertz CT molecular complexity index is 562. The normalized spacial score (nSPS) is 11.3. The fourth-order valence-corrected chi connectivity index (χ4v) is 1.66. The molecule has 2 aromatic rings. The molecule has 0 bridgehead atoms. The fourth-order valence-electron chi connectivity index (χ4n) is 1.66. The standard InChI is InChI=1S/C15H16N2O/c1-11-8-9-15(18)14(10-11)12(2)16-17-13-6-4-3-5-7-13/h3-10,17-18H,1-2H3/b16-12+. The van der Waals surface area contributed by atoms with Crippen molar-refractivity contribution >= 4 is 11.4 Å². The number of hydrazone groups is 1. The summed E-state index contributed by atoms with van der Waals surface area (Å²) >= 11 is 0. The molecule has 3 heteroatoms. The van der Waals surface area contributed by atoms with Crippen LogP contribution >= 0.6 is 0 Å². The highest BCUT2D eigenvalue weighted by molar-refractivity contribution is 6.01. The number of nitrogens with zero attached hydrogens (tertiary/aromatic N) is 1. The van der Waals surface area contributed by atoms with Gasteiger partial charge < -0.3 is 5.11 Å². The van der Waals surface area contributed by atoms with Crippen LogP contribution in [0.4, 0.5) is 5.69 Å². The quantitative estimate of drug-likeness (QED) is 0.636. The first-order valence-electron chi connectivity index (χ1n) is 5.82. The largest absolute Gasteiger partial charge is 0.507 e. The van der Waals surface area contributed by atoms with Gasteiger partial charge in [-0.05, 0) is 38.1 Å². The Morgan fingerprint density at radius 3 is 2.56 bits per heavy atom. The van der Waals surface area contributed by atoms with Gasteiger partial charge in [0, 0.05) is 5.56 Å². The van der Waals surface area contributed by atoms with Gasteiger partial charge in [0.1, 0.15) is 5.75 Å². The Kier molecular flexibility index (Phi) is 3.63. The van der Waals surface area contributed by atoms with Gasteiger partial charge in [-0.15, -0.1) is 0 Å². The summed E-state index contributed by atoms with van der Waals surface area (Å²) in [7, 11) is 0. The minimum Gasteiger partial charge on any atom is -0.507 e. The van der Waals surface area contributed by atoms with Gasteiger partial charge >= 0.3 is 0 Å². The van der Waals surface area contributed by atoms with E-state index in [0.717, 1.165) is 22.5 Å². The SMILES string of the molecule is C/C(=N\Nc1ccccc1)c1cc(C)ccc1O. The van der Waals surface area contributed by atoms with Gasteiger partial charge in [-0.25, -0.2) is 0 Å². The number of hydrogen-bond donors (Lipinski definition) is 2. The molecule has 0 fully saturated rings. The summed E-state index contributed by atoms with van der Waals surface area (Å²) in [5.41, 5.74) is 6.48. The van der Waals surface area contributed by atoms with Crippen LogP contribution in [0.15, 0.2) is 53.6 Å². The van der Waals surface area contributed by atoms with Crippen molar-refractivity contribution in [1.29, 1.82) is 0 Å². The topological polar surface area (TPSA) is 44.6 Å². The number of benzene rings is 2. The van der Waals surface area contributed by atoms with Crippen LogP contribution in [-0.2, 0) is 0 Å². The van der Waals surface area contributed by atoms with Crippen LogP contribution in [0.3, 0.4) is 0 Å². The van der Waals surface area contributed by atoms with Crippen LogP contribution in [0, 0.1) is 6.92 Å². The zero-order chi connectivity index (χ0) is 13.0. The average Bonchev–Trinajstić information content (AvgIpc) is 2.40. The third kappa shape index (κ3) is 2.88. The molecule has 0 aromatic heterocycles. The smallest absolute Gasteiger partial charge is 0.124 e. The van der Waals surface area contributed by atoms with Crippen LogP contribution in [-0.4, -0.2) is 10.8 Å². The van der Waals surface area contributed by atoms with Crippen molar-refractivity contribution in [2.24, 2.45) is 5.10 Å². The Hall–Kier alpha value is -2.29. The monoisotopic (exact) mass is 240 g/mol. The molecule has 0 aliphatic rings. The second-order valence-electron chi connectivity index (χ2n) is 4.20. The number of aromatic hydroxyl groups is 1. The maximum atomic E-state index is 9.79. The molecule has 0 radical (unpaired) electrons. The molecule has 2 N–H and O–H groups in total. The first-order valence-corrected chi connectivity index (χ1v) is 5.82. The molecular weight excluding hydrogens is 224 g/mol. The first kappa shape index (κ1) is 12.2. The fraction of sp³-hybridized carbons (Fsp3) is 0.133. The lowest BCUT2D eigenvalue weighted by atomic mass is 10.1. The summed E-state index contributed by atoms with van der Waals surface area (Å²) < 4.78 is 0. The third-order valence-corrected chi connectivity index (χ3v) is 2.67. The highest BCUT2D eigenvalue weighted by atomic mass is 16.3. The first-order chi connectivity index (χ1) is 8.66. The van der Waals surface area contributed by atoms with E-state index in [-0.39, 0.29) is 5.75 Å². The van der Waals surface area contributed by atoms with Crippen molar-refractivity contribution in [1.82, 2.24) is 0 Å². The van der Waals surface area contributed by atoms with E-state index in [4.69, 9.17) is 0 Å². The molecule has 2 rings (SSSR count). The summed E-state index contributed by atoms with van der Waals surface area (Å²) in [5, 5.41) is 14.1. The number of rotatable bonds is 3. The molecule has 3 nitrogen and oxygen atoms in total. The highest BCUT2D eigenvalue weighted by Crippen LogP contribution is 2.19. The predicted molar refractivity (Wildman–Crippen MR) is 75.1 cm³/mol. The number of phenolic OH excluding ortho intramolecular Hbond substituents is 1. The molecule has 18 heavy (non-hydrogen) atoms. The second-order valence-corrected chi connectivity index (χ2v) is 4.20. The summed E-state index contributed by atoms with van der Waals surface area (Å²) in [6, 6.07) is 15.2. The van der Waals surface area contributed by atoms with Crippen LogP contribution in [0.25, 0.3) is 0 Å². The molecule has 0 spiro atoms. The number of anilines is 1. The van der Waals surface area contributed by atoms with E-state index in [9.17, 15) is 5.11 Å². The summed E-state index contributed by atoms with van der Waals surface area (Å²) in [5.74, 6) is 0.247. The van der Waals surface area contributed by atoms with Crippen LogP contribution < -0.4 is 5.43 Å².